The van der Waals surface area contributed by atoms with Gasteiger partial charge in [-0.2, -0.15) is 0 Å². The van der Waals surface area contributed by atoms with E-state index in [1.165, 1.54) is 6.39 Å². The molecule has 0 amide bonds. The van der Waals surface area contributed by atoms with Crippen molar-refractivity contribution in [1.82, 2.24) is 25.1 Å². The van der Waals surface area contributed by atoms with E-state index in [1.54, 1.807) is 12.4 Å². The van der Waals surface area contributed by atoms with Gasteiger partial charge in [-0.3, -0.25) is 0 Å². The van der Waals surface area contributed by atoms with Crippen LogP contribution in [-0.2, 0) is 0 Å². The minimum absolute atomic E-state index is 0. The molecule has 0 spiro atoms. The van der Waals surface area contributed by atoms with E-state index < -0.39 is 0 Å². The van der Waals surface area contributed by atoms with Crippen LogP contribution in [-0.4, -0.2) is 25.1 Å². The number of anilines is 1. The first-order valence-electron chi connectivity index (χ1n) is 8.79. The van der Waals surface area contributed by atoms with E-state index in [4.69, 9.17) is 14.6 Å². The lowest BCUT2D eigenvalue weighted by Gasteiger charge is -2.08. The molecule has 5 rings (SSSR count). The number of nitrogens with two attached hydrogens (primary N) is 1. The Labute approximate surface area is 168 Å². The lowest BCUT2D eigenvalue weighted by Crippen LogP contribution is -1.99. The molecule has 3 aromatic heterocycles. The molecule has 0 saturated carbocycles. The van der Waals surface area contributed by atoms with Crippen LogP contribution in [0.15, 0.2) is 82.2 Å². The Kier molecular flexibility index (Phi) is 4.06. The summed E-state index contributed by atoms with van der Waals surface area (Å²) in [6.07, 6.45) is 4.63. The van der Waals surface area contributed by atoms with Gasteiger partial charge >= 0.3 is 0 Å². The van der Waals surface area contributed by atoms with E-state index >= 15 is 0 Å². The average Bonchev–Trinajstić information content (AvgIpc) is 3.47. The second kappa shape index (κ2) is 7.01. The first-order chi connectivity index (χ1) is 14.3. The molecule has 0 saturated heterocycles. The van der Waals surface area contributed by atoms with Crippen molar-refractivity contribution in [3.8, 4) is 45.6 Å². The van der Waals surface area contributed by atoms with Gasteiger partial charge in [0.2, 0.25) is 5.89 Å². The number of benzene rings is 2. The number of hydrogen-bond acceptors (Lipinski definition) is 8. The Hall–Kier alpha value is -4.33. The second-order valence-corrected chi connectivity index (χ2v) is 6.18. The molecule has 29 heavy (non-hydrogen) atoms. The predicted molar refractivity (Wildman–Crippen MR) is 110 cm³/mol. The molecule has 5 aromatic rings. The molecule has 0 aliphatic heterocycles. The predicted octanol–water partition coefficient (Wildman–Crippen LogP) is 4.59. The van der Waals surface area contributed by atoms with E-state index in [0.29, 0.717) is 23.0 Å². The van der Waals surface area contributed by atoms with Crippen LogP contribution in [0.1, 0.15) is 2.85 Å². The summed E-state index contributed by atoms with van der Waals surface area (Å²) in [5.74, 6) is 1.42. The van der Waals surface area contributed by atoms with Gasteiger partial charge in [0.15, 0.2) is 23.7 Å². The molecular weight excluding hydrogens is 368 g/mol. The van der Waals surface area contributed by atoms with Crippen LogP contribution in [0.25, 0.3) is 45.6 Å². The summed E-state index contributed by atoms with van der Waals surface area (Å²) in [6, 6.07) is 17.2. The van der Waals surface area contributed by atoms with Gasteiger partial charge < -0.3 is 14.6 Å². The maximum Gasteiger partial charge on any atom is 0.270 e. The van der Waals surface area contributed by atoms with Crippen molar-refractivity contribution in [3.63, 3.8) is 0 Å². The summed E-state index contributed by atoms with van der Waals surface area (Å²) < 4.78 is 11.2. The molecule has 0 aliphatic carbocycles. The summed E-state index contributed by atoms with van der Waals surface area (Å²) in [4.78, 5) is 12.9. The van der Waals surface area contributed by atoms with Crippen molar-refractivity contribution in [2.45, 2.75) is 0 Å². The summed E-state index contributed by atoms with van der Waals surface area (Å²) in [5, 5.41) is 8.20. The van der Waals surface area contributed by atoms with Crippen molar-refractivity contribution in [1.29, 1.82) is 0 Å². The number of hydrogen-bond donors (Lipinski definition) is 1. The number of nitrogens with zero attached hydrogens (tertiary/aromatic N) is 5. The van der Waals surface area contributed by atoms with Crippen LogP contribution in [0.5, 0.6) is 0 Å². The topological polar surface area (TPSA) is 117 Å². The average molecular weight is 386 g/mol. The Morgan fingerprint density at radius 2 is 1.59 bits per heavy atom. The minimum atomic E-state index is 0. The van der Waals surface area contributed by atoms with Crippen LogP contribution < -0.4 is 5.73 Å². The van der Waals surface area contributed by atoms with Gasteiger partial charge in [-0.25, -0.2) is 15.0 Å². The fraction of sp³-hybridized carbons (Fsp3) is 0. The van der Waals surface area contributed by atoms with Crippen molar-refractivity contribution in [3.05, 3.63) is 73.4 Å². The summed E-state index contributed by atoms with van der Waals surface area (Å²) in [6.45, 7) is 0. The molecule has 0 unspecified atom stereocenters. The van der Waals surface area contributed by atoms with Gasteiger partial charge in [-0.15, -0.1) is 10.2 Å². The largest absolute Gasteiger partial charge is 0.443 e. The molecule has 3 heterocycles. The van der Waals surface area contributed by atoms with Gasteiger partial charge in [0, 0.05) is 19.5 Å². The molecule has 144 valence electrons. The highest BCUT2D eigenvalue weighted by atomic mass is 16.4. The minimum Gasteiger partial charge on any atom is -0.443 e. The van der Waals surface area contributed by atoms with Crippen molar-refractivity contribution in [2.24, 2.45) is 0 Å². The van der Waals surface area contributed by atoms with Gasteiger partial charge in [0.05, 0.1) is 18.1 Å². The fourth-order valence-corrected chi connectivity index (χ4v) is 2.97. The maximum atomic E-state index is 6.05. The van der Waals surface area contributed by atoms with E-state index in [2.05, 4.69) is 25.1 Å². The van der Waals surface area contributed by atoms with Crippen molar-refractivity contribution in [2.75, 3.05) is 5.73 Å². The molecular formula is C21H18N6O2. The monoisotopic (exact) mass is 386 g/mol. The first kappa shape index (κ1) is 16.8. The first-order valence-corrected chi connectivity index (χ1v) is 8.79. The van der Waals surface area contributed by atoms with E-state index in [1.807, 2.05) is 54.6 Å². The molecule has 0 aliphatic rings. The summed E-state index contributed by atoms with van der Waals surface area (Å²) in [5.41, 5.74) is 9.44. The number of aromatic nitrogens is 5. The van der Waals surface area contributed by atoms with Crippen LogP contribution in [0.3, 0.4) is 0 Å². The standard InChI is InChI=1S/C21H14N6O2.2H2/c22-19-18(21-27-26-20(29-21)13-6-2-1-3-7-13)25-16(10-24-19)14-8-4-5-9-15(14)17-11-23-12-28-17;;/h1-12H,(H2,22,24);2*1H. The SMILES string of the molecule is Nc1ncc(-c2ccccc2-c2cnco2)nc1-c1nnc(-c2ccccc2)o1.[HH].[HH]. The number of oxazole rings is 1. The molecule has 0 bridgehead atoms. The molecule has 2 N–H and O–H groups in total. The molecule has 2 aromatic carbocycles. The number of nitrogen functional groups attached to an aromatic ring is 1. The van der Waals surface area contributed by atoms with Crippen LogP contribution in [0.4, 0.5) is 5.82 Å². The van der Waals surface area contributed by atoms with Crippen molar-refractivity contribution < 1.29 is 11.7 Å². The summed E-state index contributed by atoms with van der Waals surface area (Å²) >= 11 is 0. The lowest BCUT2D eigenvalue weighted by atomic mass is 10.0. The highest BCUT2D eigenvalue weighted by Gasteiger charge is 2.18. The van der Waals surface area contributed by atoms with Crippen LogP contribution in [0, 0.1) is 0 Å². The fourth-order valence-electron chi connectivity index (χ4n) is 2.97. The van der Waals surface area contributed by atoms with Gasteiger partial charge in [-0.05, 0) is 12.1 Å². The maximum absolute atomic E-state index is 6.05. The highest BCUT2D eigenvalue weighted by molar-refractivity contribution is 5.80. The molecule has 0 radical (unpaired) electrons. The second-order valence-electron chi connectivity index (χ2n) is 6.18. The van der Waals surface area contributed by atoms with E-state index in [9.17, 15) is 0 Å². The summed E-state index contributed by atoms with van der Waals surface area (Å²) in [7, 11) is 0. The Morgan fingerprint density at radius 1 is 0.828 bits per heavy atom. The van der Waals surface area contributed by atoms with Crippen molar-refractivity contribution >= 4 is 5.82 Å². The number of rotatable bonds is 4. The van der Waals surface area contributed by atoms with E-state index in [-0.39, 0.29) is 14.6 Å². The Balaban J connectivity index is 0.00000136. The van der Waals surface area contributed by atoms with Gasteiger partial charge in [-0.1, -0.05) is 42.5 Å². The Bertz CT molecular complexity index is 1280. The van der Waals surface area contributed by atoms with E-state index in [0.717, 1.165) is 16.7 Å². The van der Waals surface area contributed by atoms with Crippen LogP contribution in [0.2, 0.25) is 0 Å². The van der Waals surface area contributed by atoms with Gasteiger partial charge in [0.25, 0.3) is 5.89 Å². The highest BCUT2D eigenvalue weighted by Crippen LogP contribution is 2.33. The zero-order valence-electron chi connectivity index (χ0n) is 15.1. The zero-order valence-corrected chi connectivity index (χ0v) is 15.1. The quantitative estimate of drug-likeness (QED) is 0.476. The Morgan fingerprint density at radius 3 is 2.38 bits per heavy atom. The molecule has 0 atom stereocenters. The van der Waals surface area contributed by atoms with Crippen LogP contribution >= 0.6 is 0 Å². The lowest BCUT2D eigenvalue weighted by molar-refractivity contribution is 0.572. The zero-order chi connectivity index (χ0) is 19.6. The third-order valence-electron chi connectivity index (χ3n) is 4.35. The third-order valence-corrected chi connectivity index (χ3v) is 4.35. The smallest absolute Gasteiger partial charge is 0.270 e. The molecule has 8 heteroatoms. The molecule has 0 fully saturated rings. The normalized spacial score (nSPS) is 10.9. The molecule has 8 nitrogen and oxygen atoms in total. The van der Waals surface area contributed by atoms with Gasteiger partial charge in [0.1, 0.15) is 0 Å². The third kappa shape index (κ3) is 3.12.